The average Bonchev–Trinajstić information content (AvgIpc) is 2.55. The van der Waals surface area contributed by atoms with Crippen molar-refractivity contribution in [2.75, 3.05) is 6.61 Å². The first-order chi connectivity index (χ1) is 12.5. The van der Waals surface area contributed by atoms with Crippen molar-refractivity contribution in [3.63, 3.8) is 0 Å². The molecule has 0 aromatic heterocycles. The van der Waals surface area contributed by atoms with Crippen LogP contribution in [0, 0.1) is 0 Å². The van der Waals surface area contributed by atoms with E-state index in [1.54, 1.807) is 12.1 Å². The quantitative estimate of drug-likeness (QED) is 0.299. The number of benzene rings is 1. The van der Waals surface area contributed by atoms with E-state index in [-0.39, 0.29) is 28.3 Å². The fraction of sp³-hybridized carbons (Fsp3) is 0.696. The maximum Gasteiger partial charge on any atom is 0.305 e. The minimum absolute atomic E-state index is 0.155. The van der Waals surface area contributed by atoms with E-state index >= 15 is 0 Å². The molecule has 1 aromatic carbocycles. The van der Waals surface area contributed by atoms with E-state index in [0.29, 0.717) is 25.0 Å². The lowest BCUT2D eigenvalue weighted by Gasteiger charge is -2.29. The number of hydrogen-bond acceptors (Lipinski definition) is 4. The van der Waals surface area contributed by atoms with E-state index in [1.807, 2.05) is 34.6 Å². The highest BCUT2D eigenvalue weighted by Crippen LogP contribution is 2.41. The third-order valence-corrected chi connectivity index (χ3v) is 5.09. The Kier molecular flexibility index (Phi) is 8.64. The molecule has 4 heteroatoms. The smallest absolute Gasteiger partial charge is 0.305 e. The van der Waals surface area contributed by atoms with Gasteiger partial charge in [0.25, 0.3) is 0 Å². The summed E-state index contributed by atoms with van der Waals surface area (Å²) in [4.78, 5) is 11.9. The van der Waals surface area contributed by atoms with Crippen LogP contribution in [0.3, 0.4) is 0 Å². The SMILES string of the molecule is CCCCCCOC(=O)CCCC(C)(C)c1cc(O)c(C(C)(C)C)cc1O. The number of esters is 1. The van der Waals surface area contributed by atoms with Crippen molar-refractivity contribution in [2.24, 2.45) is 0 Å². The molecule has 1 aromatic rings. The summed E-state index contributed by atoms with van der Waals surface area (Å²) in [5.74, 6) is 0.244. The number of ether oxygens (including phenoxy) is 1. The predicted octanol–water partition coefficient (Wildman–Crippen LogP) is 5.97. The second-order valence-electron chi connectivity index (χ2n) is 9.16. The summed E-state index contributed by atoms with van der Waals surface area (Å²) in [6, 6.07) is 3.33. The van der Waals surface area contributed by atoms with Gasteiger partial charge in [-0.2, -0.15) is 0 Å². The van der Waals surface area contributed by atoms with Gasteiger partial charge in [-0.3, -0.25) is 4.79 Å². The fourth-order valence-electron chi connectivity index (χ4n) is 3.32. The van der Waals surface area contributed by atoms with Crippen LogP contribution >= 0.6 is 0 Å². The third-order valence-electron chi connectivity index (χ3n) is 5.09. The maximum absolute atomic E-state index is 11.9. The van der Waals surface area contributed by atoms with Crippen molar-refractivity contribution in [1.82, 2.24) is 0 Å². The normalized spacial score (nSPS) is 12.2. The number of carbonyl (C=O) groups is 1. The molecule has 0 unspecified atom stereocenters. The molecule has 0 aliphatic carbocycles. The van der Waals surface area contributed by atoms with Gasteiger partial charge in [0.05, 0.1) is 6.61 Å². The fourth-order valence-corrected chi connectivity index (χ4v) is 3.32. The van der Waals surface area contributed by atoms with Crippen LogP contribution in [-0.4, -0.2) is 22.8 Å². The van der Waals surface area contributed by atoms with Crippen LogP contribution in [0.25, 0.3) is 0 Å². The molecule has 0 heterocycles. The molecule has 0 atom stereocenters. The van der Waals surface area contributed by atoms with Gasteiger partial charge in [-0.05, 0) is 42.2 Å². The van der Waals surface area contributed by atoms with E-state index in [0.717, 1.165) is 24.8 Å². The summed E-state index contributed by atoms with van der Waals surface area (Å²) in [6.07, 6.45) is 6.16. The molecule has 0 bridgehead atoms. The molecule has 1 rings (SSSR count). The van der Waals surface area contributed by atoms with Crippen LogP contribution in [0.4, 0.5) is 0 Å². The zero-order valence-corrected chi connectivity index (χ0v) is 18.0. The van der Waals surface area contributed by atoms with Gasteiger partial charge in [0, 0.05) is 17.5 Å². The Morgan fingerprint density at radius 3 is 2.11 bits per heavy atom. The first kappa shape index (κ1) is 23.3. The maximum atomic E-state index is 11.9. The highest BCUT2D eigenvalue weighted by atomic mass is 16.5. The van der Waals surface area contributed by atoms with Crippen molar-refractivity contribution < 1.29 is 19.7 Å². The Labute approximate surface area is 164 Å². The zero-order chi connectivity index (χ0) is 20.7. The number of hydrogen-bond donors (Lipinski definition) is 2. The molecule has 0 saturated carbocycles. The largest absolute Gasteiger partial charge is 0.508 e. The zero-order valence-electron chi connectivity index (χ0n) is 18.0. The lowest BCUT2D eigenvalue weighted by atomic mass is 9.77. The van der Waals surface area contributed by atoms with Crippen LogP contribution in [0.1, 0.15) is 97.6 Å². The molecule has 0 aliphatic heterocycles. The second-order valence-corrected chi connectivity index (χ2v) is 9.16. The van der Waals surface area contributed by atoms with Crippen LogP contribution in [0.2, 0.25) is 0 Å². The summed E-state index contributed by atoms with van der Waals surface area (Å²) < 4.78 is 5.28. The molecule has 0 saturated heterocycles. The van der Waals surface area contributed by atoms with E-state index in [1.165, 1.54) is 12.8 Å². The van der Waals surface area contributed by atoms with Crippen LogP contribution in [-0.2, 0) is 20.4 Å². The lowest BCUT2D eigenvalue weighted by Crippen LogP contribution is -2.19. The lowest BCUT2D eigenvalue weighted by molar-refractivity contribution is -0.143. The van der Waals surface area contributed by atoms with Crippen LogP contribution in [0.15, 0.2) is 12.1 Å². The van der Waals surface area contributed by atoms with Gasteiger partial charge < -0.3 is 14.9 Å². The number of rotatable bonds is 10. The molecule has 0 radical (unpaired) electrons. The number of carbonyl (C=O) groups excluding carboxylic acids is 1. The Balaban J connectivity index is 2.60. The minimum atomic E-state index is -0.348. The molecular weight excluding hydrogens is 340 g/mol. The number of phenols is 2. The Morgan fingerprint density at radius 1 is 0.926 bits per heavy atom. The number of phenolic OH excluding ortho intramolecular Hbond substituents is 2. The van der Waals surface area contributed by atoms with Crippen LogP contribution < -0.4 is 0 Å². The van der Waals surface area contributed by atoms with Crippen molar-refractivity contribution in [3.8, 4) is 11.5 Å². The van der Waals surface area contributed by atoms with E-state index in [9.17, 15) is 15.0 Å². The van der Waals surface area contributed by atoms with Gasteiger partial charge in [-0.15, -0.1) is 0 Å². The molecule has 0 amide bonds. The summed E-state index contributed by atoms with van der Waals surface area (Å²) in [5.41, 5.74) is 0.844. The Hall–Kier alpha value is -1.71. The Bertz CT molecular complexity index is 612. The first-order valence-corrected chi connectivity index (χ1v) is 10.2. The highest BCUT2D eigenvalue weighted by Gasteiger charge is 2.28. The van der Waals surface area contributed by atoms with E-state index in [2.05, 4.69) is 6.92 Å². The molecular formula is C23H38O4. The third kappa shape index (κ3) is 7.43. The summed E-state index contributed by atoms with van der Waals surface area (Å²) >= 11 is 0. The monoisotopic (exact) mass is 378 g/mol. The molecule has 4 nitrogen and oxygen atoms in total. The summed E-state index contributed by atoms with van der Waals surface area (Å²) in [7, 11) is 0. The molecule has 27 heavy (non-hydrogen) atoms. The van der Waals surface area contributed by atoms with Gasteiger partial charge >= 0.3 is 5.97 Å². The first-order valence-electron chi connectivity index (χ1n) is 10.2. The molecule has 0 aliphatic rings. The predicted molar refractivity (Wildman–Crippen MR) is 110 cm³/mol. The van der Waals surface area contributed by atoms with Gasteiger partial charge in [0.2, 0.25) is 0 Å². The van der Waals surface area contributed by atoms with Crippen LogP contribution in [0.5, 0.6) is 11.5 Å². The van der Waals surface area contributed by atoms with Crippen molar-refractivity contribution in [3.05, 3.63) is 23.3 Å². The average molecular weight is 379 g/mol. The molecule has 2 N–H and O–H groups in total. The second kappa shape index (κ2) is 10.0. The van der Waals surface area contributed by atoms with Gasteiger partial charge in [-0.25, -0.2) is 0 Å². The van der Waals surface area contributed by atoms with E-state index < -0.39 is 0 Å². The van der Waals surface area contributed by atoms with Crippen molar-refractivity contribution in [2.45, 2.75) is 97.3 Å². The molecule has 154 valence electrons. The summed E-state index contributed by atoms with van der Waals surface area (Å²) in [6.45, 7) is 12.7. The topological polar surface area (TPSA) is 66.8 Å². The van der Waals surface area contributed by atoms with Gasteiger partial charge in [0.15, 0.2) is 0 Å². The van der Waals surface area contributed by atoms with Crippen molar-refractivity contribution >= 4 is 5.97 Å². The summed E-state index contributed by atoms with van der Waals surface area (Å²) in [5, 5.41) is 20.9. The number of unbranched alkanes of at least 4 members (excludes halogenated alkanes) is 3. The minimum Gasteiger partial charge on any atom is -0.508 e. The van der Waals surface area contributed by atoms with E-state index in [4.69, 9.17) is 4.74 Å². The van der Waals surface area contributed by atoms with Gasteiger partial charge in [0.1, 0.15) is 11.5 Å². The molecule has 0 spiro atoms. The van der Waals surface area contributed by atoms with Crippen molar-refractivity contribution in [1.29, 1.82) is 0 Å². The Morgan fingerprint density at radius 2 is 1.52 bits per heavy atom. The standard InChI is InChI=1S/C23H38O4/c1-7-8-9-10-14-27-21(26)12-11-13-23(5,6)18-16-19(24)17(15-20(18)25)22(2,3)4/h15-16,24-25H,7-14H2,1-6H3. The number of aromatic hydroxyl groups is 2. The van der Waals surface area contributed by atoms with Gasteiger partial charge in [-0.1, -0.05) is 60.8 Å². The molecule has 0 fully saturated rings. The highest BCUT2D eigenvalue weighted by molar-refractivity contribution is 5.69.